The smallest absolute Gasteiger partial charge is 0.0111 e. The van der Waals surface area contributed by atoms with Crippen molar-refractivity contribution in [1.29, 1.82) is 0 Å². The van der Waals surface area contributed by atoms with Gasteiger partial charge in [0.1, 0.15) is 0 Å². The summed E-state index contributed by atoms with van der Waals surface area (Å²) in [5, 5.41) is 0. The molecule has 17 heavy (non-hydrogen) atoms. The normalized spacial score (nSPS) is 32.9. The molecule has 3 rings (SSSR count). The van der Waals surface area contributed by atoms with Gasteiger partial charge in [0.25, 0.3) is 0 Å². The lowest BCUT2D eigenvalue weighted by atomic mass is 9.81. The molecule has 0 spiro atoms. The summed E-state index contributed by atoms with van der Waals surface area (Å²) < 4.78 is 0. The lowest BCUT2D eigenvalue weighted by molar-refractivity contribution is 0.280. The number of benzene rings is 1. The van der Waals surface area contributed by atoms with Crippen LogP contribution in [0.3, 0.4) is 0 Å². The molecular weight excluding hydrogens is 206 g/mol. The highest BCUT2D eigenvalue weighted by Crippen LogP contribution is 2.49. The van der Waals surface area contributed by atoms with E-state index in [-0.39, 0.29) is 0 Å². The first-order valence-electron chi connectivity index (χ1n) is 7.04. The molecule has 0 heterocycles. The number of fused-ring (bicyclic) bond motifs is 2. The summed E-state index contributed by atoms with van der Waals surface area (Å²) in [5.41, 5.74) is 9.31. The number of rotatable bonds is 3. The summed E-state index contributed by atoms with van der Waals surface area (Å²) in [7, 11) is 0. The molecule has 2 bridgehead atoms. The maximum atomic E-state index is 6.47. The molecule has 2 aliphatic rings. The van der Waals surface area contributed by atoms with Gasteiger partial charge in [0.05, 0.1) is 0 Å². The van der Waals surface area contributed by atoms with Crippen molar-refractivity contribution in [2.75, 3.05) is 0 Å². The molecule has 0 aliphatic heterocycles. The van der Waals surface area contributed by atoms with Crippen LogP contribution in [0.25, 0.3) is 0 Å². The Labute approximate surface area is 104 Å². The SMILES string of the molecule is Cc1ccccc1CC(N)C1CC2CCC1C2. The molecule has 2 N–H and O–H groups in total. The zero-order chi connectivity index (χ0) is 11.8. The van der Waals surface area contributed by atoms with Crippen molar-refractivity contribution in [3.8, 4) is 0 Å². The second-order valence-electron chi connectivity index (χ2n) is 6.13. The summed E-state index contributed by atoms with van der Waals surface area (Å²) in [6.45, 7) is 2.20. The maximum Gasteiger partial charge on any atom is 0.0111 e. The Hall–Kier alpha value is -0.820. The number of hydrogen-bond acceptors (Lipinski definition) is 1. The molecule has 4 atom stereocenters. The first-order chi connectivity index (χ1) is 8.24. The third-order valence-corrected chi connectivity index (χ3v) is 5.06. The van der Waals surface area contributed by atoms with E-state index in [4.69, 9.17) is 5.73 Å². The lowest BCUT2D eigenvalue weighted by Crippen LogP contribution is -2.35. The van der Waals surface area contributed by atoms with Crippen molar-refractivity contribution in [3.05, 3.63) is 35.4 Å². The Balaban J connectivity index is 1.68. The van der Waals surface area contributed by atoms with Gasteiger partial charge >= 0.3 is 0 Å². The molecule has 92 valence electrons. The van der Waals surface area contributed by atoms with Crippen LogP contribution in [0.1, 0.15) is 36.8 Å². The fourth-order valence-corrected chi connectivity index (χ4v) is 4.06. The minimum Gasteiger partial charge on any atom is -0.327 e. The van der Waals surface area contributed by atoms with Gasteiger partial charge in [-0.15, -0.1) is 0 Å². The van der Waals surface area contributed by atoms with E-state index in [0.29, 0.717) is 6.04 Å². The fourth-order valence-electron chi connectivity index (χ4n) is 4.06. The second-order valence-corrected chi connectivity index (χ2v) is 6.13. The van der Waals surface area contributed by atoms with Crippen molar-refractivity contribution in [3.63, 3.8) is 0 Å². The average Bonchev–Trinajstić information content (AvgIpc) is 2.94. The van der Waals surface area contributed by atoms with Gasteiger partial charge in [-0.25, -0.2) is 0 Å². The van der Waals surface area contributed by atoms with E-state index in [1.54, 1.807) is 0 Å². The van der Waals surface area contributed by atoms with Gasteiger partial charge in [-0.1, -0.05) is 30.7 Å². The molecule has 0 amide bonds. The predicted molar refractivity (Wildman–Crippen MR) is 71.8 cm³/mol. The minimum absolute atomic E-state index is 0.381. The van der Waals surface area contributed by atoms with E-state index < -0.39 is 0 Å². The summed E-state index contributed by atoms with van der Waals surface area (Å²) in [6, 6.07) is 9.06. The molecule has 2 fully saturated rings. The highest BCUT2D eigenvalue weighted by atomic mass is 14.7. The van der Waals surface area contributed by atoms with Gasteiger partial charge in [-0.05, 0) is 61.5 Å². The van der Waals surface area contributed by atoms with Crippen molar-refractivity contribution >= 4 is 0 Å². The van der Waals surface area contributed by atoms with Crippen LogP contribution in [0.15, 0.2) is 24.3 Å². The Morgan fingerprint density at radius 2 is 2.06 bits per heavy atom. The lowest BCUT2D eigenvalue weighted by Gasteiger charge is -2.28. The molecule has 4 unspecified atom stereocenters. The van der Waals surface area contributed by atoms with E-state index in [2.05, 4.69) is 31.2 Å². The predicted octanol–water partition coefficient (Wildman–Crippen LogP) is 3.30. The van der Waals surface area contributed by atoms with Crippen LogP contribution in [-0.4, -0.2) is 6.04 Å². The number of hydrogen-bond donors (Lipinski definition) is 1. The molecule has 2 aliphatic carbocycles. The Morgan fingerprint density at radius 3 is 2.71 bits per heavy atom. The molecule has 0 saturated heterocycles. The zero-order valence-corrected chi connectivity index (χ0v) is 10.7. The topological polar surface area (TPSA) is 26.0 Å². The Bertz CT molecular complexity index is 398. The van der Waals surface area contributed by atoms with Crippen LogP contribution in [0.4, 0.5) is 0 Å². The van der Waals surface area contributed by atoms with Gasteiger partial charge in [-0.3, -0.25) is 0 Å². The van der Waals surface area contributed by atoms with Crippen molar-refractivity contribution < 1.29 is 0 Å². The zero-order valence-electron chi connectivity index (χ0n) is 10.7. The van der Waals surface area contributed by atoms with Crippen LogP contribution in [0.2, 0.25) is 0 Å². The molecule has 0 aromatic heterocycles. The quantitative estimate of drug-likeness (QED) is 0.845. The van der Waals surface area contributed by atoms with Gasteiger partial charge in [0.2, 0.25) is 0 Å². The van der Waals surface area contributed by atoms with E-state index in [9.17, 15) is 0 Å². The van der Waals surface area contributed by atoms with Crippen molar-refractivity contribution in [2.24, 2.45) is 23.5 Å². The fraction of sp³-hybridized carbons (Fsp3) is 0.625. The third kappa shape index (κ3) is 2.13. The van der Waals surface area contributed by atoms with Gasteiger partial charge in [0.15, 0.2) is 0 Å². The van der Waals surface area contributed by atoms with E-state index in [0.717, 1.165) is 24.2 Å². The number of nitrogens with two attached hydrogens (primary N) is 1. The first kappa shape index (κ1) is 11.3. The minimum atomic E-state index is 0.381. The van der Waals surface area contributed by atoms with E-state index in [1.165, 1.54) is 36.8 Å². The van der Waals surface area contributed by atoms with Crippen LogP contribution in [0, 0.1) is 24.7 Å². The molecule has 1 nitrogen and oxygen atoms in total. The molecule has 0 radical (unpaired) electrons. The van der Waals surface area contributed by atoms with Crippen molar-refractivity contribution in [1.82, 2.24) is 0 Å². The summed E-state index contributed by atoms with van der Waals surface area (Å²) in [5.74, 6) is 2.75. The first-order valence-corrected chi connectivity index (χ1v) is 7.04. The molecule has 1 heteroatoms. The monoisotopic (exact) mass is 229 g/mol. The van der Waals surface area contributed by atoms with Crippen LogP contribution in [0.5, 0.6) is 0 Å². The van der Waals surface area contributed by atoms with Crippen LogP contribution in [-0.2, 0) is 6.42 Å². The highest BCUT2D eigenvalue weighted by Gasteiger charge is 2.41. The van der Waals surface area contributed by atoms with Gasteiger partial charge in [0, 0.05) is 6.04 Å². The summed E-state index contributed by atoms with van der Waals surface area (Å²) in [6.07, 6.45) is 6.85. The van der Waals surface area contributed by atoms with Crippen LogP contribution < -0.4 is 5.73 Å². The van der Waals surface area contributed by atoms with E-state index >= 15 is 0 Å². The van der Waals surface area contributed by atoms with Crippen molar-refractivity contribution in [2.45, 2.75) is 45.1 Å². The summed E-state index contributed by atoms with van der Waals surface area (Å²) >= 11 is 0. The standard InChI is InChI=1S/C16H23N/c1-11-4-2-3-5-13(11)10-16(17)15-9-12-6-7-14(15)8-12/h2-5,12,14-16H,6-10,17H2,1H3. The molecule has 2 saturated carbocycles. The second kappa shape index (κ2) is 4.45. The maximum absolute atomic E-state index is 6.47. The van der Waals surface area contributed by atoms with Gasteiger partial charge < -0.3 is 5.73 Å². The largest absolute Gasteiger partial charge is 0.327 e. The Kier molecular flexibility index (Phi) is 2.96. The van der Waals surface area contributed by atoms with Gasteiger partial charge in [-0.2, -0.15) is 0 Å². The summed E-state index contributed by atoms with van der Waals surface area (Å²) in [4.78, 5) is 0. The molecular formula is C16H23N. The molecule has 1 aromatic rings. The molecule has 1 aromatic carbocycles. The number of aryl methyl sites for hydroxylation is 1. The average molecular weight is 229 g/mol. The van der Waals surface area contributed by atoms with Crippen LogP contribution >= 0.6 is 0 Å². The highest BCUT2D eigenvalue weighted by molar-refractivity contribution is 5.26. The van der Waals surface area contributed by atoms with E-state index in [1.807, 2.05) is 0 Å². The third-order valence-electron chi connectivity index (χ3n) is 5.06. The Morgan fingerprint density at radius 1 is 1.24 bits per heavy atom.